The second kappa shape index (κ2) is 11.0. The summed E-state index contributed by atoms with van der Waals surface area (Å²) in [7, 11) is 1.88. The maximum atomic E-state index is 12.9. The fraction of sp³-hybridized carbons (Fsp3) is 0.360. The molecule has 1 amide bonds. The van der Waals surface area contributed by atoms with Crippen LogP contribution in [0.1, 0.15) is 33.1 Å². The summed E-state index contributed by atoms with van der Waals surface area (Å²) < 4.78 is 7.15. The lowest BCUT2D eigenvalue weighted by Crippen LogP contribution is -2.41. The van der Waals surface area contributed by atoms with Crippen LogP contribution in [0.2, 0.25) is 0 Å². The third-order valence-electron chi connectivity index (χ3n) is 5.67. The molecule has 0 unspecified atom stereocenters. The lowest BCUT2D eigenvalue weighted by Gasteiger charge is -2.26. The second-order valence-electron chi connectivity index (χ2n) is 8.37. The van der Waals surface area contributed by atoms with Gasteiger partial charge in [0.05, 0.1) is 13.2 Å². The van der Waals surface area contributed by atoms with Crippen molar-refractivity contribution in [1.29, 1.82) is 0 Å². The Morgan fingerprint density at radius 1 is 1.06 bits per heavy atom. The van der Waals surface area contributed by atoms with E-state index in [0.717, 1.165) is 44.1 Å². The number of hydrogen-bond donors (Lipinski definition) is 2. The first kappa shape index (κ1) is 23.6. The summed E-state index contributed by atoms with van der Waals surface area (Å²) in [5, 5.41) is 10.6. The van der Waals surface area contributed by atoms with Crippen LogP contribution in [-0.2, 0) is 11.8 Å². The molecule has 1 aliphatic heterocycles. The molecular formula is C25H31N7O2. The Labute approximate surface area is 199 Å². The van der Waals surface area contributed by atoms with Gasteiger partial charge in [-0.25, -0.2) is 9.97 Å². The zero-order valence-corrected chi connectivity index (χ0v) is 19.9. The molecule has 1 aromatic carbocycles. The number of amides is 1. The summed E-state index contributed by atoms with van der Waals surface area (Å²) in [4.78, 5) is 24.2. The monoisotopic (exact) mass is 461 g/mol. The van der Waals surface area contributed by atoms with Crippen molar-refractivity contribution in [2.24, 2.45) is 7.05 Å². The third kappa shape index (κ3) is 6.49. The van der Waals surface area contributed by atoms with Crippen molar-refractivity contribution in [1.82, 2.24) is 30.0 Å². The minimum Gasteiger partial charge on any atom is -0.379 e. The van der Waals surface area contributed by atoms with Crippen molar-refractivity contribution in [2.75, 3.05) is 44.7 Å². The normalized spacial score (nSPS) is 14.4. The molecule has 9 nitrogen and oxygen atoms in total. The van der Waals surface area contributed by atoms with E-state index in [2.05, 4.69) is 49.7 Å². The number of hydrogen-bond acceptors (Lipinski definition) is 7. The molecule has 0 bridgehead atoms. The standard InChI is InChI=1S/C25H31N7O2/c1-18-4-6-20(7-5-18)8-9-22-27-21(25(33)26-10-11-32-12-14-34-15-13-32)17-23(28-22)29-24-16-19(2)31(3)30-24/h4-9,16-17H,10-15H2,1-3H3,(H,26,33)(H,27,28,29,30)/b9-8+. The molecule has 2 aromatic heterocycles. The highest BCUT2D eigenvalue weighted by atomic mass is 16.5. The number of carbonyl (C=O) groups excluding carboxylic acids is 1. The number of anilines is 2. The molecule has 0 saturated carbocycles. The lowest BCUT2D eigenvalue weighted by atomic mass is 10.1. The molecule has 0 atom stereocenters. The average Bonchev–Trinajstić information content (AvgIpc) is 3.15. The molecule has 178 valence electrons. The van der Waals surface area contributed by atoms with Crippen LogP contribution in [0.3, 0.4) is 0 Å². The maximum Gasteiger partial charge on any atom is 0.270 e. The highest BCUT2D eigenvalue weighted by molar-refractivity contribution is 5.93. The van der Waals surface area contributed by atoms with Crippen molar-refractivity contribution >= 4 is 29.7 Å². The van der Waals surface area contributed by atoms with Crippen molar-refractivity contribution in [2.45, 2.75) is 13.8 Å². The first-order valence-corrected chi connectivity index (χ1v) is 11.5. The minimum absolute atomic E-state index is 0.235. The van der Waals surface area contributed by atoms with Crippen LogP contribution in [0.25, 0.3) is 12.2 Å². The Morgan fingerprint density at radius 3 is 2.53 bits per heavy atom. The first-order valence-electron chi connectivity index (χ1n) is 11.5. The molecule has 1 saturated heterocycles. The summed E-state index contributed by atoms with van der Waals surface area (Å²) in [6.45, 7) is 8.58. The highest BCUT2D eigenvalue weighted by Crippen LogP contribution is 2.17. The topological polar surface area (TPSA) is 97.2 Å². The Bertz CT molecular complexity index is 1130. The molecule has 1 fully saturated rings. The number of aryl methyl sites for hydroxylation is 3. The molecule has 3 aromatic rings. The Morgan fingerprint density at radius 2 is 1.82 bits per heavy atom. The van der Waals surface area contributed by atoms with Crippen LogP contribution in [-0.4, -0.2) is 69.9 Å². The van der Waals surface area contributed by atoms with Gasteiger partial charge in [-0.15, -0.1) is 0 Å². The van der Waals surface area contributed by atoms with Crippen molar-refractivity contribution < 1.29 is 9.53 Å². The number of benzene rings is 1. The lowest BCUT2D eigenvalue weighted by molar-refractivity contribution is 0.0383. The number of morpholine rings is 1. The van der Waals surface area contributed by atoms with E-state index in [9.17, 15) is 4.79 Å². The highest BCUT2D eigenvalue weighted by Gasteiger charge is 2.14. The number of ether oxygens (including phenoxy) is 1. The Hall–Kier alpha value is -3.56. The molecule has 0 radical (unpaired) electrons. The van der Waals surface area contributed by atoms with Gasteiger partial charge in [-0.05, 0) is 25.5 Å². The van der Waals surface area contributed by atoms with E-state index in [1.165, 1.54) is 5.56 Å². The van der Waals surface area contributed by atoms with Gasteiger partial charge in [0.2, 0.25) is 0 Å². The van der Waals surface area contributed by atoms with Gasteiger partial charge in [0.15, 0.2) is 11.6 Å². The van der Waals surface area contributed by atoms with Gasteiger partial charge in [0, 0.05) is 51.1 Å². The summed E-state index contributed by atoms with van der Waals surface area (Å²) in [6, 6.07) is 11.7. The zero-order chi connectivity index (χ0) is 23.9. The van der Waals surface area contributed by atoms with Crippen LogP contribution >= 0.6 is 0 Å². The number of aromatic nitrogens is 4. The average molecular weight is 462 g/mol. The molecular weight excluding hydrogens is 430 g/mol. The van der Waals surface area contributed by atoms with Gasteiger partial charge < -0.3 is 15.4 Å². The van der Waals surface area contributed by atoms with Crippen molar-refractivity contribution in [3.05, 3.63) is 64.7 Å². The number of nitrogens with one attached hydrogen (secondary N) is 2. The molecule has 34 heavy (non-hydrogen) atoms. The third-order valence-corrected chi connectivity index (χ3v) is 5.67. The molecule has 3 heterocycles. The minimum atomic E-state index is -0.235. The maximum absolute atomic E-state index is 12.9. The van der Waals surface area contributed by atoms with Gasteiger partial charge in [-0.1, -0.05) is 35.9 Å². The van der Waals surface area contributed by atoms with Crippen LogP contribution in [0.5, 0.6) is 0 Å². The van der Waals surface area contributed by atoms with Crippen molar-refractivity contribution in [3.8, 4) is 0 Å². The van der Waals surface area contributed by atoms with Gasteiger partial charge in [0.25, 0.3) is 5.91 Å². The summed E-state index contributed by atoms with van der Waals surface area (Å²) in [5.41, 5.74) is 3.54. The summed E-state index contributed by atoms with van der Waals surface area (Å²) in [6.07, 6.45) is 3.74. The molecule has 0 spiro atoms. The summed E-state index contributed by atoms with van der Waals surface area (Å²) >= 11 is 0. The predicted octanol–water partition coefficient (Wildman–Crippen LogP) is 2.80. The van der Waals surface area contributed by atoms with Crippen LogP contribution in [0, 0.1) is 13.8 Å². The van der Waals surface area contributed by atoms with E-state index < -0.39 is 0 Å². The quantitative estimate of drug-likeness (QED) is 0.532. The predicted molar refractivity (Wildman–Crippen MR) is 133 cm³/mol. The van der Waals surface area contributed by atoms with Gasteiger partial charge in [-0.3, -0.25) is 14.4 Å². The van der Waals surface area contributed by atoms with E-state index in [4.69, 9.17) is 4.74 Å². The van der Waals surface area contributed by atoms with E-state index in [-0.39, 0.29) is 5.91 Å². The van der Waals surface area contributed by atoms with Crippen LogP contribution in [0.15, 0.2) is 36.4 Å². The Balaban J connectivity index is 1.51. The smallest absolute Gasteiger partial charge is 0.270 e. The van der Waals surface area contributed by atoms with E-state index in [0.29, 0.717) is 29.7 Å². The zero-order valence-electron chi connectivity index (χ0n) is 19.9. The van der Waals surface area contributed by atoms with Crippen molar-refractivity contribution in [3.63, 3.8) is 0 Å². The largest absolute Gasteiger partial charge is 0.379 e. The SMILES string of the molecule is Cc1ccc(/C=C/c2nc(Nc3cc(C)n(C)n3)cc(C(=O)NCCN3CCOCC3)n2)cc1. The van der Waals surface area contributed by atoms with Gasteiger partial charge in [-0.2, -0.15) is 5.10 Å². The fourth-order valence-electron chi connectivity index (χ4n) is 3.56. The molecule has 9 heteroatoms. The van der Waals surface area contributed by atoms with E-state index >= 15 is 0 Å². The molecule has 0 aliphatic carbocycles. The second-order valence-corrected chi connectivity index (χ2v) is 8.37. The van der Waals surface area contributed by atoms with E-state index in [1.54, 1.807) is 10.7 Å². The number of nitrogens with zero attached hydrogens (tertiary/aromatic N) is 5. The molecule has 2 N–H and O–H groups in total. The Kier molecular flexibility index (Phi) is 7.66. The summed E-state index contributed by atoms with van der Waals surface area (Å²) in [5.74, 6) is 1.37. The molecule has 4 rings (SSSR count). The molecule has 1 aliphatic rings. The van der Waals surface area contributed by atoms with Crippen LogP contribution in [0.4, 0.5) is 11.6 Å². The fourth-order valence-corrected chi connectivity index (χ4v) is 3.56. The number of rotatable bonds is 8. The van der Waals surface area contributed by atoms with Gasteiger partial charge in [0.1, 0.15) is 11.5 Å². The van der Waals surface area contributed by atoms with E-state index in [1.807, 2.05) is 44.3 Å². The van der Waals surface area contributed by atoms with Gasteiger partial charge >= 0.3 is 0 Å². The first-order chi connectivity index (χ1) is 16.5. The van der Waals surface area contributed by atoms with Crippen LogP contribution < -0.4 is 10.6 Å². The number of carbonyl (C=O) groups is 1.